The molecule has 1 fully saturated rings. The van der Waals surface area contributed by atoms with Crippen LogP contribution in [0.15, 0.2) is 16.8 Å². The maximum absolute atomic E-state index is 11.8. The number of hydrogen-bond acceptors (Lipinski definition) is 6. The smallest absolute Gasteiger partial charge is 0.252 e. The average molecular weight is 286 g/mol. The standard InChI is InChI=1S/C12H18N2O4S/c1-6-9(15)11(17)10(16)8(14-6)4-13-12(18)7-2-3-19-5-7/h2-3,5-6,8-11,14-17H,4H2,1H3,(H,13,18)/t6-,8+,9+,10+,11+/m0/s1. The Morgan fingerprint density at radius 2 is 2.11 bits per heavy atom. The second-order valence-electron chi connectivity index (χ2n) is 4.76. The molecule has 1 aromatic rings. The van der Waals surface area contributed by atoms with Gasteiger partial charge < -0.3 is 26.0 Å². The highest BCUT2D eigenvalue weighted by molar-refractivity contribution is 7.08. The van der Waals surface area contributed by atoms with Gasteiger partial charge in [-0.2, -0.15) is 11.3 Å². The van der Waals surface area contributed by atoms with Crippen molar-refractivity contribution >= 4 is 17.2 Å². The molecule has 5 N–H and O–H groups in total. The van der Waals surface area contributed by atoms with E-state index >= 15 is 0 Å². The highest BCUT2D eigenvalue weighted by Gasteiger charge is 2.40. The zero-order chi connectivity index (χ0) is 14.0. The van der Waals surface area contributed by atoms with Crippen molar-refractivity contribution in [2.24, 2.45) is 0 Å². The van der Waals surface area contributed by atoms with Crippen molar-refractivity contribution in [2.75, 3.05) is 6.54 Å². The zero-order valence-electron chi connectivity index (χ0n) is 10.5. The Bertz CT molecular complexity index is 425. The molecule has 2 rings (SSSR count). The fourth-order valence-corrected chi connectivity index (χ4v) is 2.78. The minimum Gasteiger partial charge on any atom is -0.389 e. The second kappa shape index (κ2) is 5.98. The van der Waals surface area contributed by atoms with Gasteiger partial charge in [-0.3, -0.25) is 4.79 Å². The van der Waals surface area contributed by atoms with Gasteiger partial charge in [0.15, 0.2) is 0 Å². The monoisotopic (exact) mass is 286 g/mol. The Labute approximate surface area is 115 Å². The minimum absolute atomic E-state index is 0.184. The van der Waals surface area contributed by atoms with Crippen LogP contribution in [0.2, 0.25) is 0 Å². The summed E-state index contributed by atoms with van der Waals surface area (Å²) >= 11 is 1.43. The molecule has 0 saturated carbocycles. The highest BCUT2D eigenvalue weighted by Crippen LogP contribution is 2.15. The summed E-state index contributed by atoms with van der Waals surface area (Å²) in [6, 6.07) is 0.879. The van der Waals surface area contributed by atoms with Gasteiger partial charge in [-0.15, -0.1) is 0 Å². The molecular formula is C12H18N2O4S. The van der Waals surface area contributed by atoms with Gasteiger partial charge in [-0.1, -0.05) is 0 Å². The number of thiophene rings is 1. The Morgan fingerprint density at radius 3 is 2.74 bits per heavy atom. The van der Waals surface area contributed by atoms with Crippen LogP contribution in [0.1, 0.15) is 17.3 Å². The maximum Gasteiger partial charge on any atom is 0.252 e. The van der Waals surface area contributed by atoms with Crippen molar-refractivity contribution in [3.05, 3.63) is 22.4 Å². The fraction of sp³-hybridized carbons (Fsp3) is 0.583. The number of aliphatic hydroxyl groups excluding tert-OH is 3. The number of carbonyl (C=O) groups is 1. The molecule has 106 valence electrons. The van der Waals surface area contributed by atoms with Crippen LogP contribution < -0.4 is 10.6 Å². The first-order chi connectivity index (χ1) is 9.00. The lowest BCUT2D eigenvalue weighted by Gasteiger charge is -2.40. The minimum atomic E-state index is -1.21. The van der Waals surface area contributed by atoms with Gasteiger partial charge in [0.05, 0.1) is 18.2 Å². The van der Waals surface area contributed by atoms with Crippen LogP contribution in [-0.4, -0.2) is 58.2 Å². The summed E-state index contributed by atoms with van der Waals surface area (Å²) in [5.74, 6) is -0.219. The van der Waals surface area contributed by atoms with Gasteiger partial charge in [0.1, 0.15) is 6.10 Å². The summed E-state index contributed by atoms with van der Waals surface area (Å²) in [6.07, 6.45) is -3.34. The first-order valence-electron chi connectivity index (χ1n) is 6.11. The number of aliphatic hydroxyl groups is 3. The zero-order valence-corrected chi connectivity index (χ0v) is 11.3. The van der Waals surface area contributed by atoms with Crippen molar-refractivity contribution in [3.63, 3.8) is 0 Å². The Morgan fingerprint density at radius 1 is 1.37 bits per heavy atom. The van der Waals surface area contributed by atoms with Crippen LogP contribution in [0.3, 0.4) is 0 Å². The number of carbonyl (C=O) groups excluding carboxylic acids is 1. The lowest BCUT2D eigenvalue weighted by molar-refractivity contribution is -0.109. The number of rotatable bonds is 3. The van der Waals surface area contributed by atoms with E-state index in [1.165, 1.54) is 11.3 Å². The van der Waals surface area contributed by atoms with Crippen LogP contribution in [-0.2, 0) is 0 Å². The van der Waals surface area contributed by atoms with Crippen molar-refractivity contribution in [1.29, 1.82) is 0 Å². The molecule has 0 radical (unpaired) electrons. The van der Waals surface area contributed by atoms with Crippen LogP contribution in [0, 0.1) is 0 Å². The van der Waals surface area contributed by atoms with Crippen LogP contribution in [0.5, 0.6) is 0 Å². The third kappa shape index (κ3) is 3.13. The number of piperidine rings is 1. The van der Waals surface area contributed by atoms with Gasteiger partial charge >= 0.3 is 0 Å². The van der Waals surface area contributed by atoms with E-state index in [0.29, 0.717) is 5.56 Å². The van der Waals surface area contributed by atoms with Crippen molar-refractivity contribution in [1.82, 2.24) is 10.6 Å². The molecule has 1 amide bonds. The SMILES string of the molecule is C[C@@H]1N[C@H](CNC(=O)c2ccsc2)[C@@H](O)[C@H](O)[C@@H]1O. The predicted octanol–water partition coefficient (Wildman–Crippen LogP) is -1.08. The Kier molecular flexibility index (Phi) is 4.54. The molecule has 1 aliphatic rings. The Hall–Kier alpha value is -0.990. The first-order valence-corrected chi connectivity index (χ1v) is 7.05. The van der Waals surface area contributed by atoms with E-state index in [1.54, 1.807) is 18.4 Å². The molecule has 0 aromatic carbocycles. The molecule has 6 nitrogen and oxygen atoms in total. The molecule has 1 aromatic heterocycles. The number of amides is 1. The third-order valence-electron chi connectivity index (χ3n) is 3.37. The molecule has 1 aliphatic heterocycles. The van der Waals surface area contributed by atoms with Gasteiger partial charge in [0.25, 0.3) is 5.91 Å². The molecule has 0 unspecified atom stereocenters. The lowest BCUT2D eigenvalue weighted by atomic mass is 9.91. The van der Waals surface area contributed by atoms with Crippen molar-refractivity contribution in [2.45, 2.75) is 37.3 Å². The van der Waals surface area contributed by atoms with Crippen LogP contribution >= 0.6 is 11.3 Å². The molecule has 0 spiro atoms. The summed E-state index contributed by atoms with van der Waals surface area (Å²) in [5.41, 5.74) is 0.573. The van der Waals surface area contributed by atoms with E-state index in [4.69, 9.17) is 0 Å². The summed E-state index contributed by atoms with van der Waals surface area (Å²) in [6.45, 7) is 1.90. The van der Waals surface area contributed by atoms with Gasteiger partial charge in [-0.25, -0.2) is 0 Å². The quantitative estimate of drug-likeness (QED) is 0.486. The van der Waals surface area contributed by atoms with E-state index in [0.717, 1.165) is 0 Å². The molecule has 1 saturated heterocycles. The van der Waals surface area contributed by atoms with Gasteiger partial charge in [0.2, 0.25) is 0 Å². The molecule has 5 atom stereocenters. The van der Waals surface area contributed by atoms with E-state index in [1.807, 2.05) is 5.38 Å². The number of hydrogen-bond donors (Lipinski definition) is 5. The van der Waals surface area contributed by atoms with E-state index in [2.05, 4.69) is 10.6 Å². The van der Waals surface area contributed by atoms with Gasteiger partial charge in [-0.05, 0) is 18.4 Å². The fourth-order valence-electron chi connectivity index (χ4n) is 2.15. The molecule has 0 aliphatic carbocycles. The summed E-state index contributed by atoms with van der Waals surface area (Å²) < 4.78 is 0. The maximum atomic E-state index is 11.8. The topological polar surface area (TPSA) is 102 Å². The summed E-state index contributed by atoms with van der Waals surface area (Å²) in [5, 5.41) is 38.4. The molecular weight excluding hydrogens is 268 g/mol. The molecule has 2 heterocycles. The molecule has 7 heteroatoms. The summed E-state index contributed by atoms with van der Waals surface area (Å²) in [4.78, 5) is 11.8. The average Bonchev–Trinajstić information content (AvgIpc) is 2.92. The summed E-state index contributed by atoms with van der Waals surface area (Å²) in [7, 11) is 0. The highest BCUT2D eigenvalue weighted by atomic mass is 32.1. The van der Waals surface area contributed by atoms with E-state index in [-0.39, 0.29) is 18.5 Å². The molecule has 0 bridgehead atoms. The lowest BCUT2D eigenvalue weighted by Crippen LogP contribution is -2.66. The second-order valence-corrected chi connectivity index (χ2v) is 5.54. The largest absolute Gasteiger partial charge is 0.389 e. The van der Waals surface area contributed by atoms with Crippen LogP contribution in [0.4, 0.5) is 0 Å². The van der Waals surface area contributed by atoms with E-state index < -0.39 is 24.4 Å². The van der Waals surface area contributed by atoms with E-state index in [9.17, 15) is 20.1 Å². The number of nitrogens with one attached hydrogen (secondary N) is 2. The normalized spacial score (nSPS) is 35.1. The first kappa shape index (κ1) is 14.4. The van der Waals surface area contributed by atoms with Crippen LogP contribution in [0.25, 0.3) is 0 Å². The predicted molar refractivity (Wildman–Crippen MR) is 71.1 cm³/mol. The molecule has 19 heavy (non-hydrogen) atoms. The third-order valence-corrected chi connectivity index (χ3v) is 4.05. The van der Waals surface area contributed by atoms with Gasteiger partial charge in [0, 0.05) is 23.5 Å². The van der Waals surface area contributed by atoms with Crippen molar-refractivity contribution < 1.29 is 20.1 Å². The van der Waals surface area contributed by atoms with Crippen molar-refractivity contribution in [3.8, 4) is 0 Å². The Balaban J connectivity index is 1.90.